The molecule has 72 valence electrons. The summed E-state index contributed by atoms with van der Waals surface area (Å²) in [5.74, 6) is -0.0519. The van der Waals surface area contributed by atoms with E-state index in [-0.39, 0.29) is 17.3 Å². The molecule has 0 bridgehead atoms. The van der Waals surface area contributed by atoms with Gasteiger partial charge in [0.25, 0.3) is 0 Å². The standard InChI is InChI=1S/C8H17NO2S/c1-6(10)4-3-5-9-8(11)7(2)12/h6-7,10,12H,3-5H2,1-2H3,(H,9,11). The van der Waals surface area contributed by atoms with Crippen molar-refractivity contribution >= 4 is 18.5 Å². The SMILES string of the molecule is CC(O)CCCNC(=O)C(C)S. The van der Waals surface area contributed by atoms with E-state index in [0.29, 0.717) is 6.54 Å². The van der Waals surface area contributed by atoms with E-state index in [2.05, 4.69) is 17.9 Å². The van der Waals surface area contributed by atoms with E-state index in [4.69, 9.17) is 5.11 Å². The predicted octanol–water partition coefficient (Wildman–Crippen LogP) is 0.582. The van der Waals surface area contributed by atoms with Crippen molar-refractivity contribution in [3.8, 4) is 0 Å². The van der Waals surface area contributed by atoms with Crippen molar-refractivity contribution in [1.29, 1.82) is 0 Å². The average molecular weight is 191 g/mol. The molecule has 2 unspecified atom stereocenters. The number of carbonyl (C=O) groups is 1. The van der Waals surface area contributed by atoms with Crippen LogP contribution in [-0.4, -0.2) is 28.9 Å². The van der Waals surface area contributed by atoms with Crippen LogP contribution in [0.3, 0.4) is 0 Å². The molecule has 0 fully saturated rings. The lowest BCUT2D eigenvalue weighted by Gasteiger charge is -2.07. The zero-order chi connectivity index (χ0) is 9.56. The first-order chi connectivity index (χ1) is 5.54. The summed E-state index contributed by atoms with van der Waals surface area (Å²) in [6.07, 6.45) is 1.25. The lowest BCUT2D eigenvalue weighted by molar-refractivity contribution is -0.120. The lowest BCUT2D eigenvalue weighted by Crippen LogP contribution is -2.30. The molecule has 0 aromatic carbocycles. The number of amides is 1. The van der Waals surface area contributed by atoms with Gasteiger partial charge in [0.2, 0.25) is 5.91 Å². The highest BCUT2D eigenvalue weighted by Gasteiger charge is 2.05. The van der Waals surface area contributed by atoms with Gasteiger partial charge >= 0.3 is 0 Å². The minimum absolute atomic E-state index is 0.0519. The second-order valence-electron chi connectivity index (χ2n) is 2.96. The van der Waals surface area contributed by atoms with E-state index in [9.17, 15) is 4.79 Å². The number of thiol groups is 1. The van der Waals surface area contributed by atoms with Crippen molar-refractivity contribution in [1.82, 2.24) is 5.32 Å². The third kappa shape index (κ3) is 6.49. The summed E-state index contributed by atoms with van der Waals surface area (Å²) in [6, 6.07) is 0. The van der Waals surface area contributed by atoms with Gasteiger partial charge in [-0.25, -0.2) is 0 Å². The molecule has 4 heteroatoms. The normalized spacial score (nSPS) is 15.3. The summed E-state index contributed by atoms with van der Waals surface area (Å²) in [5, 5.41) is 11.4. The van der Waals surface area contributed by atoms with Crippen molar-refractivity contribution in [2.75, 3.05) is 6.54 Å². The Balaban J connectivity index is 3.26. The summed E-state index contributed by atoms with van der Waals surface area (Å²) in [4.78, 5) is 10.9. The molecule has 0 aliphatic heterocycles. The number of hydrogen-bond acceptors (Lipinski definition) is 3. The Morgan fingerprint density at radius 2 is 2.17 bits per heavy atom. The molecule has 0 spiro atoms. The van der Waals surface area contributed by atoms with Crippen molar-refractivity contribution in [2.45, 2.75) is 38.0 Å². The van der Waals surface area contributed by atoms with Gasteiger partial charge in [-0.15, -0.1) is 0 Å². The van der Waals surface area contributed by atoms with Gasteiger partial charge in [-0.3, -0.25) is 4.79 Å². The minimum atomic E-state index is -0.282. The van der Waals surface area contributed by atoms with E-state index >= 15 is 0 Å². The summed E-state index contributed by atoms with van der Waals surface area (Å²) < 4.78 is 0. The van der Waals surface area contributed by atoms with Gasteiger partial charge in [0.1, 0.15) is 0 Å². The summed E-state index contributed by atoms with van der Waals surface area (Å²) in [7, 11) is 0. The number of hydrogen-bond donors (Lipinski definition) is 3. The molecular formula is C8H17NO2S. The van der Waals surface area contributed by atoms with Gasteiger partial charge in [-0.05, 0) is 26.7 Å². The Kier molecular flexibility index (Phi) is 6.20. The summed E-state index contributed by atoms with van der Waals surface area (Å²) >= 11 is 3.97. The van der Waals surface area contributed by atoms with Crippen LogP contribution >= 0.6 is 12.6 Å². The molecule has 0 aliphatic carbocycles. The van der Waals surface area contributed by atoms with Gasteiger partial charge in [0.05, 0.1) is 11.4 Å². The molecule has 0 aliphatic rings. The van der Waals surface area contributed by atoms with Crippen LogP contribution in [0.4, 0.5) is 0 Å². The second-order valence-corrected chi connectivity index (χ2v) is 3.73. The third-order valence-electron chi connectivity index (χ3n) is 1.48. The highest BCUT2D eigenvalue weighted by atomic mass is 32.1. The van der Waals surface area contributed by atoms with Crippen LogP contribution < -0.4 is 5.32 Å². The van der Waals surface area contributed by atoms with Gasteiger partial charge in [-0.1, -0.05) is 0 Å². The van der Waals surface area contributed by atoms with Crippen molar-refractivity contribution in [2.24, 2.45) is 0 Å². The Morgan fingerprint density at radius 3 is 2.58 bits per heavy atom. The number of aliphatic hydroxyl groups is 1. The summed E-state index contributed by atoms with van der Waals surface area (Å²) in [6.45, 7) is 4.09. The van der Waals surface area contributed by atoms with Crippen LogP contribution in [0.1, 0.15) is 26.7 Å². The minimum Gasteiger partial charge on any atom is -0.393 e. The zero-order valence-corrected chi connectivity index (χ0v) is 8.47. The molecule has 0 saturated heterocycles. The van der Waals surface area contributed by atoms with E-state index in [0.717, 1.165) is 12.8 Å². The molecule has 0 rings (SSSR count). The molecule has 2 atom stereocenters. The molecule has 0 radical (unpaired) electrons. The Morgan fingerprint density at radius 1 is 1.58 bits per heavy atom. The average Bonchev–Trinajstić information content (AvgIpc) is 1.97. The fourth-order valence-electron chi connectivity index (χ4n) is 0.757. The smallest absolute Gasteiger partial charge is 0.232 e. The fraction of sp³-hybridized carbons (Fsp3) is 0.875. The van der Waals surface area contributed by atoms with Crippen LogP contribution in [0.2, 0.25) is 0 Å². The molecular weight excluding hydrogens is 174 g/mol. The van der Waals surface area contributed by atoms with Gasteiger partial charge in [0, 0.05) is 6.54 Å². The second kappa shape index (κ2) is 6.31. The number of rotatable bonds is 5. The molecule has 0 aromatic heterocycles. The van der Waals surface area contributed by atoms with Crippen molar-refractivity contribution in [3.63, 3.8) is 0 Å². The molecule has 1 amide bonds. The Hall–Kier alpha value is -0.220. The van der Waals surface area contributed by atoms with Crippen LogP contribution in [-0.2, 0) is 4.79 Å². The summed E-state index contributed by atoms with van der Waals surface area (Å²) in [5.41, 5.74) is 0. The van der Waals surface area contributed by atoms with E-state index in [1.54, 1.807) is 13.8 Å². The van der Waals surface area contributed by atoms with Gasteiger partial charge in [0.15, 0.2) is 0 Å². The zero-order valence-electron chi connectivity index (χ0n) is 7.58. The third-order valence-corrected chi connectivity index (χ3v) is 1.71. The highest BCUT2D eigenvalue weighted by molar-refractivity contribution is 7.81. The monoisotopic (exact) mass is 191 g/mol. The molecule has 0 heterocycles. The van der Waals surface area contributed by atoms with E-state index < -0.39 is 0 Å². The maximum atomic E-state index is 10.9. The fourth-order valence-corrected chi connectivity index (χ4v) is 0.848. The maximum absolute atomic E-state index is 10.9. The lowest BCUT2D eigenvalue weighted by atomic mass is 10.2. The highest BCUT2D eigenvalue weighted by Crippen LogP contribution is 1.95. The molecule has 0 aromatic rings. The van der Waals surface area contributed by atoms with Crippen LogP contribution in [0.15, 0.2) is 0 Å². The first-order valence-electron chi connectivity index (χ1n) is 4.18. The predicted molar refractivity (Wildman–Crippen MR) is 52.4 cm³/mol. The number of carbonyl (C=O) groups excluding carboxylic acids is 1. The van der Waals surface area contributed by atoms with Crippen molar-refractivity contribution in [3.05, 3.63) is 0 Å². The van der Waals surface area contributed by atoms with E-state index in [1.807, 2.05) is 0 Å². The maximum Gasteiger partial charge on any atom is 0.232 e. The molecule has 3 nitrogen and oxygen atoms in total. The quantitative estimate of drug-likeness (QED) is 0.440. The van der Waals surface area contributed by atoms with Gasteiger partial charge in [-0.2, -0.15) is 12.6 Å². The van der Waals surface area contributed by atoms with Crippen LogP contribution in [0, 0.1) is 0 Å². The van der Waals surface area contributed by atoms with Crippen LogP contribution in [0.25, 0.3) is 0 Å². The van der Waals surface area contributed by atoms with Crippen molar-refractivity contribution < 1.29 is 9.90 Å². The van der Waals surface area contributed by atoms with E-state index in [1.165, 1.54) is 0 Å². The topological polar surface area (TPSA) is 49.3 Å². The first kappa shape index (κ1) is 11.8. The Labute approximate surface area is 79.0 Å². The molecule has 2 N–H and O–H groups in total. The first-order valence-corrected chi connectivity index (χ1v) is 4.69. The molecule has 12 heavy (non-hydrogen) atoms. The van der Waals surface area contributed by atoms with Crippen LogP contribution in [0.5, 0.6) is 0 Å². The molecule has 0 saturated carbocycles. The Bertz CT molecular complexity index is 137. The number of aliphatic hydroxyl groups excluding tert-OH is 1. The largest absolute Gasteiger partial charge is 0.393 e. The van der Waals surface area contributed by atoms with Gasteiger partial charge < -0.3 is 10.4 Å². The number of nitrogens with one attached hydrogen (secondary N) is 1.